The molecule has 1 aromatic rings. The Bertz CT molecular complexity index is 460. The lowest BCUT2D eigenvalue weighted by Crippen LogP contribution is -2.45. The van der Waals surface area contributed by atoms with Crippen LogP contribution >= 0.6 is 0 Å². The second-order valence-corrected chi connectivity index (χ2v) is 6.70. The van der Waals surface area contributed by atoms with Crippen LogP contribution in [0.2, 0.25) is 0 Å². The van der Waals surface area contributed by atoms with Gasteiger partial charge in [-0.2, -0.15) is 5.10 Å². The van der Waals surface area contributed by atoms with E-state index in [2.05, 4.69) is 30.0 Å². The van der Waals surface area contributed by atoms with Crippen molar-refractivity contribution in [1.29, 1.82) is 0 Å². The summed E-state index contributed by atoms with van der Waals surface area (Å²) in [5, 5.41) is 14.7. The molecule has 0 bridgehead atoms. The number of aliphatic hydroxyl groups is 1. The molecule has 0 saturated carbocycles. The third kappa shape index (κ3) is 3.30. The molecule has 3 rings (SSSR count). The summed E-state index contributed by atoms with van der Waals surface area (Å²) < 4.78 is 7.61. The molecule has 5 heteroatoms. The van der Waals surface area contributed by atoms with Crippen molar-refractivity contribution in [1.82, 2.24) is 14.7 Å². The molecule has 3 heterocycles. The number of likely N-dealkylation sites (tertiary alicyclic amines) is 1. The second-order valence-electron chi connectivity index (χ2n) is 6.70. The number of hydrogen-bond acceptors (Lipinski definition) is 4. The SMILES string of the molecule is CC(C)n1cc(CN2CCC[C@@H]2[C@@H]2COCC[C@@H]2O)cn1. The minimum absolute atomic E-state index is 0.206. The van der Waals surface area contributed by atoms with Crippen molar-refractivity contribution < 1.29 is 9.84 Å². The zero-order chi connectivity index (χ0) is 14.8. The molecule has 1 aromatic heterocycles. The summed E-state index contributed by atoms with van der Waals surface area (Å²) in [6.07, 6.45) is 7.08. The van der Waals surface area contributed by atoms with Gasteiger partial charge in [0, 0.05) is 42.9 Å². The summed E-state index contributed by atoms with van der Waals surface area (Å²) in [6.45, 7) is 7.73. The minimum Gasteiger partial charge on any atom is -0.393 e. The highest BCUT2D eigenvalue weighted by Crippen LogP contribution is 2.30. The molecule has 2 aliphatic rings. The van der Waals surface area contributed by atoms with Crippen LogP contribution in [0.5, 0.6) is 0 Å². The maximum absolute atomic E-state index is 10.3. The van der Waals surface area contributed by atoms with E-state index < -0.39 is 0 Å². The van der Waals surface area contributed by atoms with Crippen molar-refractivity contribution in [3.05, 3.63) is 18.0 Å². The lowest BCUT2D eigenvalue weighted by atomic mass is 9.89. The van der Waals surface area contributed by atoms with E-state index in [0.29, 0.717) is 25.3 Å². The summed E-state index contributed by atoms with van der Waals surface area (Å²) in [5.41, 5.74) is 1.27. The Morgan fingerprint density at radius 2 is 2.29 bits per heavy atom. The monoisotopic (exact) mass is 293 g/mol. The van der Waals surface area contributed by atoms with Gasteiger partial charge < -0.3 is 9.84 Å². The molecule has 0 amide bonds. The van der Waals surface area contributed by atoms with Crippen LogP contribution in [-0.4, -0.2) is 51.7 Å². The lowest BCUT2D eigenvalue weighted by molar-refractivity contribution is -0.0636. The predicted molar refractivity (Wildman–Crippen MR) is 81.0 cm³/mol. The summed E-state index contributed by atoms with van der Waals surface area (Å²) in [7, 11) is 0. The highest BCUT2D eigenvalue weighted by molar-refractivity contribution is 5.06. The van der Waals surface area contributed by atoms with Gasteiger partial charge in [0.05, 0.1) is 18.9 Å². The van der Waals surface area contributed by atoms with Crippen molar-refractivity contribution in [3.8, 4) is 0 Å². The molecule has 3 atom stereocenters. The highest BCUT2D eigenvalue weighted by Gasteiger charge is 2.37. The fraction of sp³-hybridized carbons (Fsp3) is 0.812. The van der Waals surface area contributed by atoms with E-state index in [1.165, 1.54) is 18.4 Å². The van der Waals surface area contributed by atoms with Gasteiger partial charge in [-0.3, -0.25) is 9.58 Å². The Kier molecular flexibility index (Phi) is 4.62. The first-order chi connectivity index (χ1) is 10.1. The van der Waals surface area contributed by atoms with Gasteiger partial charge in [0.1, 0.15) is 0 Å². The van der Waals surface area contributed by atoms with Gasteiger partial charge in [-0.1, -0.05) is 0 Å². The molecular weight excluding hydrogens is 266 g/mol. The van der Waals surface area contributed by atoms with Crippen LogP contribution in [0.3, 0.4) is 0 Å². The molecule has 2 aliphatic heterocycles. The van der Waals surface area contributed by atoms with Crippen LogP contribution in [-0.2, 0) is 11.3 Å². The van der Waals surface area contributed by atoms with E-state index in [-0.39, 0.29) is 12.0 Å². The lowest BCUT2D eigenvalue weighted by Gasteiger charge is -2.36. The molecule has 0 spiro atoms. The summed E-state index contributed by atoms with van der Waals surface area (Å²) in [6, 6.07) is 0.851. The van der Waals surface area contributed by atoms with Crippen LogP contribution < -0.4 is 0 Å². The third-order valence-electron chi connectivity index (χ3n) is 4.84. The maximum atomic E-state index is 10.3. The molecule has 118 valence electrons. The topological polar surface area (TPSA) is 50.5 Å². The molecule has 0 aromatic carbocycles. The number of aliphatic hydroxyl groups excluding tert-OH is 1. The predicted octanol–water partition coefficient (Wildman–Crippen LogP) is 1.83. The number of aromatic nitrogens is 2. The molecule has 0 aliphatic carbocycles. The van der Waals surface area contributed by atoms with E-state index in [1.54, 1.807) is 0 Å². The van der Waals surface area contributed by atoms with Crippen molar-refractivity contribution in [2.75, 3.05) is 19.8 Å². The minimum atomic E-state index is -0.206. The molecule has 21 heavy (non-hydrogen) atoms. The number of hydrogen-bond donors (Lipinski definition) is 1. The van der Waals surface area contributed by atoms with E-state index in [0.717, 1.165) is 19.5 Å². The second kappa shape index (κ2) is 6.46. The van der Waals surface area contributed by atoms with E-state index in [1.807, 2.05) is 10.9 Å². The number of rotatable bonds is 4. The van der Waals surface area contributed by atoms with Crippen molar-refractivity contribution >= 4 is 0 Å². The van der Waals surface area contributed by atoms with Gasteiger partial charge in [-0.05, 0) is 39.7 Å². The molecule has 1 N–H and O–H groups in total. The van der Waals surface area contributed by atoms with Crippen LogP contribution in [0, 0.1) is 5.92 Å². The molecule has 0 unspecified atom stereocenters. The fourth-order valence-corrected chi connectivity index (χ4v) is 3.63. The first-order valence-corrected chi connectivity index (χ1v) is 8.18. The van der Waals surface area contributed by atoms with Crippen molar-refractivity contribution in [2.45, 2.75) is 57.8 Å². The quantitative estimate of drug-likeness (QED) is 0.920. The van der Waals surface area contributed by atoms with Crippen molar-refractivity contribution in [2.24, 2.45) is 5.92 Å². The summed E-state index contributed by atoms with van der Waals surface area (Å²) in [5.74, 6) is 0.265. The smallest absolute Gasteiger partial charge is 0.0627 e. The Morgan fingerprint density at radius 3 is 3.00 bits per heavy atom. The Hall–Kier alpha value is -0.910. The van der Waals surface area contributed by atoms with Crippen LogP contribution in [0.1, 0.15) is 44.7 Å². The third-order valence-corrected chi connectivity index (χ3v) is 4.84. The van der Waals surface area contributed by atoms with Crippen molar-refractivity contribution in [3.63, 3.8) is 0 Å². The Morgan fingerprint density at radius 1 is 1.43 bits per heavy atom. The molecule has 2 saturated heterocycles. The van der Waals surface area contributed by atoms with Gasteiger partial charge in [-0.25, -0.2) is 0 Å². The van der Waals surface area contributed by atoms with Gasteiger partial charge in [0.25, 0.3) is 0 Å². The highest BCUT2D eigenvalue weighted by atomic mass is 16.5. The standard InChI is InChI=1S/C16H27N3O2/c1-12(2)19-10-13(8-17-19)9-18-6-3-4-15(18)14-11-21-7-5-16(14)20/h8,10,12,14-16,20H,3-7,9,11H2,1-2H3/t14-,15+,16-/m0/s1. The van der Waals surface area contributed by atoms with Crippen LogP contribution in [0.25, 0.3) is 0 Å². The van der Waals surface area contributed by atoms with Gasteiger partial charge in [0.15, 0.2) is 0 Å². The molecule has 5 nitrogen and oxygen atoms in total. The molecule has 2 fully saturated rings. The first kappa shape index (κ1) is 15.0. The average Bonchev–Trinajstić information content (AvgIpc) is 3.09. The average molecular weight is 293 g/mol. The fourth-order valence-electron chi connectivity index (χ4n) is 3.63. The zero-order valence-corrected chi connectivity index (χ0v) is 13.1. The van der Waals surface area contributed by atoms with E-state index >= 15 is 0 Å². The zero-order valence-electron chi connectivity index (χ0n) is 13.1. The first-order valence-electron chi connectivity index (χ1n) is 8.18. The van der Waals surface area contributed by atoms with Gasteiger partial charge in [0.2, 0.25) is 0 Å². The van der Waals surface area contributed by atoms with E-state index in [4.69, 9.17) is 4.74 Å². The number of nitrogens with zero attached hydrogens (tertiary/aromatic N) is 3. The Balaban J connectivity index is 1.65. The molecular formula is C16H27N3O2. The Labute approximate surface area is 126 Å². The van der Waals surface area contributed by atoms with E-state index in [9.17, 15) is 5.11 Å². The van der Waals surface area contributed by atoms with Crippen LogP contribution in [0.4, 0.5) is 0 Å². The molecule has 0 radical (unpaired) electrons. The van der Waals surface area contributed by atoms with Crippen LogP contribution in [0.15, 0.2) is 12.4 Å². The normalized spacial score (nSPS) is 31.1. The summed E-state index contributed by atoms with van der Waals surface area (Å²) >= 11 is 0. The summed E-state index contributed by atoms with van der Waals surface area (Å²) in [4.78, 5) is 2.50. The largest absolute Gasteiger partial charge is 0.393 e. The van der Waals surface area contributed by atoms with Gasteiger partial charge in [-0.15, -0.1) is 0 Å². The van der Waals surface area contributed by atoms with Gasteiger partial charge >= 0.3 is 0 Å². The number of ether oxygens (including phenoxy) is 1. The maximum Gasteiger partial charge on any atom is 0.0627 e.